The van der Waals surface area contributed by atoms with Gasteiger partial charge in [0.05, 0.1) is 0 Å². The van der Waals surface area contributed by atoms with Crippen molar-refractivity contribution in [3.8, 4) is 0 Å². The Morgan fingerprint density at radius 2 is 2.67 bits per heavy atom. The van der Waals surface area contributed by atoms with Crippen molar-refractivity contribution in [3.05, 3.63) is 5.51 Å². The Morgan fingerprint density at radius 1 is 1.83 bits per heavy atom. The third kappa shape index (κ3) is 3.19. The van der Waals surface area contributed by atoms with Gasteiger partial charge in [0.15, 0.2) is 0 Å². The van der Waals surface area contributed by atoms with Gasteiger partial charge >= 0.3 is 0 Å². The summed E-state index contributed by atoms with van der Waals surface area (Å²) in [6, 6.07) is 0. The first-order chi connectivity index (χ1) is 5.83. The predicted octanol–water partition coefficient (Wildman–Crippen LogP) is 1.23. The number of carbonyl (C=O) groups excluding carboxylic acids is 1. The Balaban J connectivity index is 2.27. The zero-order chi connectivity index (χ0) is 8.81. The average molecular weight is 203 g/mol. The molecule has 0 aliphatic rings. The van der Waals surface area contributed by atoms with Crippen molar-refractivity contribution >= 4 is 34.1 Å². The summed E-state index contributed by atoms with van der Waals surface area (Å²) < 4.78 is 0. The molecular formula is C6H9N3OS2. The van der Waals surface area contributed by atoms with Crippen molar-refractivity contribution in [1.29, 1.82) is 0 Å². The smallest absolute Gasteiger partial charge is 0.227 e. The first kappa shape index (κ1) is 9.47. The van der Waals surface area contributed by atoms with Crippen molar-refractivity contribution < 1.29 is 4.79 Å². The molecule has 4 nitrogen and oxygen atoms in total. The molecule has 0 aliphatic heterocycles. The second kappa shape index (κ2) is 5.10. The van der Waals surface area contributed by atoms with Crippen molar-refractivity contribution in [3.63, 3.8) is 0 Å². The molecule has 12 heavy (non-hydrogen) atoms. The monoisotopic (exact) mass is 203 g/mol. The molecule has 66 valence electrons. The van der Waals surface area contributed by atoms with E-state index >= 15 is 0 Å². The van der Waals surface area contributed by atoms with E-state index in [1.165, 1.54) is 11.3 Å². The van der Waals surface area contributed by atoms with Crippen LogP contribution in [0.25, 0.3) is 0 Å². The van der Waals surface area contributed by atoms with E-state index in [0.29, 0.717) is 11.6 Å². The molecule has 1 amide bonds. The second-order valence-corrected chi connectivity index (χ2v) is 3.85. The molecule has 0 atom stereocenters. The summed E-state index contributed by atoms with van der Waals surface area (Å²) in [5.41, 5.74) is 1.59. The molecule has 1 heterocycles. The molecule has 6 heteroatoms. The maximum absolute atomic E-state index is 11.1. The van der Waals surface area contributed by atoms with Gasteiger partial charge in [-0.3, -0.25) is 4.79 Å². The lowest BCUT2D eigenvalue weighted by Gasteiger charge is -1.97. The zero-order valence-electron chi connectivity index (χ0n) is 6.61. The van der Waals surface area contributed by atoms with E-state index < -0.39 is 0 Å². The van der Waals surface area contributed by atoms with E-state index in [1.807, 2.05) is 6.26 Å². The van der Waals surface area contributed by atoms with Gasteiger partial charge in [0.25, 0.3) is 0 Å². The van der Waals surface area contributed by atoms with Crippen LogP contribution in [0.1, 0.15) is 6.42 Å². The highest BCUT2D eigenvalue weighted by molar-refractivity contribution is 7.98. The summed E-state index contributed by atoms with van der Waals surface area (Å²) in [7, 11) is 0. The minimum absolute atomic E-state index is 0.00102. The molecule has 0 unspecified atom stereocenters. The number of rotatable bonds is 4. The number of hydrogen-bond acceptors (Lipinski definition) is 5. The Labute approximate surface area is 78.8 Å². The van der Waals surface area contributed by atoms with Gasteiger partial charge in [0.1, 0.15) is 5.51 Å². The van der Waals surface area contributed by atoms with Gasteiger partial charge < -0.3 is 5.32 Å². The fraction of sp³-hybridized carbons (Fsp3) is 0.500. The number of anilines is 1. The molecule has 0 fully saturated rings. The summed E-state index contributed by atoms with van der Waals surface area (Å²) in [5.74, 6) is 0.839. The quantitative estimate of drug-likeness (QED) is 0.799. The predicted molar refractivity (Wildman–Crippen MR) is 51.5 cm³/mol. The summed E-state index contributed by atoms with van der Waals surface area (Å²) in [6.07, 6.45) is 2.50. The highest BCUT2D eigenvalue weighted by Gasteiger charge is 2.02. The summed E-state index contributed by atoms with van der Waals surface area (Å²) >= 11 is 2.97. The average Bonchev–Trinajstić information content (AvgIpc) is 2.53. The van der Waals surface area contributed by atoms with Gasteiger partial charge in [0.2, 0.25) is 11.0 Å². The van der Waals surface area contributed by atoms with Crippen molar-refractivity contribution in [1.82, 2.24) is 10.2 Å². The van der Waals surface area contributed by atoms with Crippen LogP contribution in [-0.2, 0) is 4.79 Å². The largest absolute Gasteiger partial charge is 0.301 e. The molecule has 1 aromatic heterocycles. The third-order valence-corrected chi connectivity index (χ3v) is 2.36. The van der Waals surface area contributed by atoms with E-state index in [-0.39, 0.29) is 5.91 Å². The molecule has 0 spiro atoms. The number of nitrogens with zero attached hydrogens (tertiary/aromatic N) is 2. The zero-order valence-corrected chi connectivity index (χ0v) is 8.24. The maximum Gasteiger partial charge on any atom is 0.227 e. The Hall–Kier alpha value is -0.620. The number of hydrogen-bond donors (Lipinski definition) is 1. The Bertz CT molecular complexity index is 237. The SMILES string of the molecule is CSCCC(=O)Nc1nncs1. The third-order valence-electron chi connectivity index (χ3n) is 1.14. The number of thioether (sulfide) groups is 1. The normalized spacial score (nSPS) is 9.75. The Kier molecular flexibility index (Phi) is 4.02. The number of aromatic nitrogens is 2. The van der Waals surface area contributed by atoms with Crippen LogP contribution >= 0.6 is 23.1 Å². The molecule has 0 bridgehead atoms. The highest BCUT2D eigenvalue weighted by atomic mass is 32.2. The van der Waals surface area contributed by atoms with Gasteiger partial charge in [-0.2, -0.15) is 11.8 Å². The van der Waals surface area contributed by atoms with Crippen LogP contribution in [-0.4, -0.2) is 28.1 Å². The lowest BCUT2D eigenvalue weighted by Crippen LogP contribution is -2.11. The van der Waals surface area contributed by atoms with Crippen LogP contribution < -0.4 is 5.32 Å². The van der Waals surface area contributed by atoms with Crippen LogP contribution in [0.3, 0.4) is 0 Å². The topological polar surface area (TPSA) is 54.9 Å². The van der Waals surface area contributed by atoms with Crippen LogP contribution in [0.4, 0.5) is 5.13 Å². The molecule has 0 aromatic carbocycles. The van der Waals surface area contributed by atoms with E-state index in [2.05, 4.69) is 15.5 Å². The maximum atomic E-state index is 11.1. The summed E-state index contributed by atoms with van der Waals surface area (Å²) in [5, 5.41) is 10.5. The van der Waals surface area contributed by atoms with Gasteiger partial charge in [-0.25, -0.2) is 0 Å². The van der Waals surface area contributed by atoms with Gasteiger partial charge in [-0.15, -0.1) is 10.2 Å². The van der Waals surface area contributed by atoms with Gasteiger partial charge in [-0.05, 0) is 6.26 Å². The molecule has 0 aliphatic carbocycles. The Morgan fingerprint density at radius 3 is 3.25 bits per heavy atom. The van der Waals surface area contributed by atoms with E-state index in [4.69, 9.17) is 0 Å². The highest BCUT2D eigenvalue weighted by Crippen LogP contribution is 2.08. The molecule has 1 rings (SSSR count). The van der Waals surface area contributed by atoms with Crippen LogP contribution in [0, 0.1) is 0 Å². The minimum atomic E-state index is 0.00102. The van der Waals surface area contributed by atoms with Crippen LogP contribution in [0.15, 0.2) is 5.51 Å². The van der Waals surface area contributed by atoms with Crippen molar-refractivity contribution in [2.45, 2.75) is 6.42 Å². The lowest BCUT2D eigenvalue weighted by atomic mass is 10.5. The lowest BCUT2D eigenvalue weighted by molar-refractivity contribution is -0.115. The first-order valence-corrected chi connectivity index (χ1v) is 5.65. The van der Waals surface area contributed by atoms with Crippen LogP contribution in [0.5, 0.6) is 0 Å². The van der Waals surface area contributed by atoms with Crippen molar-refractivity contribution in [2.24, 2.45) is 0 Å². The van der Waals surface area contributed by atoms with Gasteiger partial charge in [0, 0.05) is 12.2 Å². The van der Waals surface area contributed by atoms with Crippen molar-refractivity contribution in [2.75, 3.05) is 17.3 Å². The van der Waals surface area contributed by atoms with E-state index in [9.17, 15) is 4.79 Å². The summed E-state index contributed by atoms with van der Waals surface area (Å²) in [6.45, 7) is 0. The van der Waals surface area contributed by atoms with E-state index in [1.54, 1.807) is 17.3 Å². The first-order valence-electron chi connectivity index (χ1n) is 3.38. The number of nitrogens with one attached hydrogen (secondary N) is 1. The fourth-order valence-corrected chi connectivity index (χ4v) is 1.45. The van der Waals surface area contributed by atoms with Gasteiger partial charge in [-0.1, -0.05) is 11.3 Å². The molecule has 1 N–H and O–H groups in total. The molecule has 0 radical (unpaired) electrons. The number of amides is 1. The molecule has 1 aromatic rings. The minimum Gasteiger partial charge on any atom is -0.301 e. The molecule has 0 saturated heterocycles. The fourth-order valence-electron chi connectivity index (χ4n) is 0.604. The molecular weight excluding hydrogens is 194 g/mol. The molecule has 0 saturated carbocycles. The van der Waals surface area contributed by atoms with Crippen LogP contribution in [0.2, 0.25) is 0 Å². The standard InChI is InChI=1S/C6H9N3OS2/c1-11-3-2-5(10)8-6-9-7-4-12-6/h4H,2-3H2,1H3,(H,8,9,10). The second-order valence-electron chi connectivity index (χ2n) is 2.03. The number of carbonyl (C=O) groups is 1. The van der Waals surface area contributed by atoms with E-state index in [0.717, 1.165) is 5.75 Å². The summed E-state index contributed by atoms with van der Waals surface area (Å²) in [4.78, 5) is 11.1.